The molecule has 3 N–H and O–H groups in total. The number of aromatic hydroxyl groups is 1. The largest absolute Gasteiger partial charge is 0.506 e. The first-order valence-corrected chi connectivity index (χ1v) is 6.26. The molecule has 0 amide bonds. The van der Waals surface area contributed by atoms with Gasteiger partial charge in [0.1, 0.15) is 5.75 Å². The van der Waals surface area contributed by atoms with E-state index >= 15 is 0 Å². The van der Waals surface area contributed by atoms with E-state index in [1.807, 2.05) is 30.3 Å². The smallest absolute Gasteiger partial charge is 0.139 e. The summed E-state index contributed by atoms with van der Waals surface area (Å²) in [5, 5.41) is 21.5. The van der Waals surface area contributed by atoms with Crippen molar-refractivity contribution in [2.75, 3.05) is 5.32 Å². The maximum atomic E-state index is 9.86. The molecule has 0 aliphatic carbocycles. The summed E-state index contributed by atoms with van der Waals surface area (Å²) in [6.45, 7) is 0.491. The van der Waals surface area contributed by atoms with E-state index in [2.05, 4.69) is 15.5 Å². The van der Waals surface area contributed by atoms with Crippen molar-refractivity contribution in [2.45, 2.75) is 6.54 Å². The molecule has 0 atom stereocenters. The summed E-state index contributed by atoms with van der Waals surface area (Å²) in [5.41, 5.74) is 2.64. The predicted octanol–water partition coefficient (Wildman–Crippen LogP) is 3.53. The van der Waals surface area contributed by atoms with Crippen molar-refractivity contribution < 1.29 is 5.11 Å². The first-order valence-electron chi connectivity index (χ1n) is 5.88. The molecule has 0 bridgehead atoms. The van der Waals surface area contributed by atoms with Crippen LogP contribution in [0.1, 0.15) is 5.56 Å². The molecule has 0 saturated heterocycles. The number of aromatic amines is 1. The van der Waals surface area contributed by atoms with E-state index in [0.717, 1.165) is 22.2 Å². The molecule has 0 saturated carbocycles. The fourth-order valence-electron chi connectivity index (χ4n) is 2.01. The number of benzene rings is 2. The van der Waals surface area contributed by atoms with E-state index in [-0.39, 0.29) is 5.75 Å². The molecule has 5 heteroatoms. The topological polar surface area (TPSA) is 60.9 Å². The number of aromatic nitrogens is 2. The maximum absolute atomic E-state index is 9.86. The molecule has 2 aromatic carbocycles. The molecule has 3 rings (SSSR count). The fourth-order valence-corrected chi connectivity index (χ4v) is 2.20. The SMILES string of the molecule is Oc1c(Cl)cccc1CNc1cccc2cn[nH]c12. The second kappa shape index (κ2) is 4.82. The van der Waals surface area contributed by atoms with Crippen LogP contribution in [0.3, 0.4) is 0 Å². The van der Waals surface area contributed by atoms with Gasteiger partial charge in [-0.2, -0.15) is 5.10 Å². The number of halogens is 1. The summed E-state index contributed by atoms with van der Waals surface area (Å²) in [4.78, 5) is 0. The van der Waals surface area contributed by atoms with Crippen LogP contribution in [0.25, 0.3) is 10.9 Å². The minimum atomic E-state index is 0.119. The lowest BCUT2D eigenvalue weighted by Gasteiger charge is -2.09. The molecule has 96 valence electrons. The molecule has 0 radical (unpaired) electrons. The molecule has 0 fully saturated rings. The van der Waals surface area contributed by atoms with Gasteiger partial charge in [0, 0.05) is 17.5 Å². The van der Waals surface area contributed by atoms with Crippen LogP contribution in [0.15, 0.2) is 42.6 Å². The maximum Gasteiger partial charge on any atom is 0.139 e. The van der Waals surface area contributed by atoms with Gasteiger partial charge in [-0.3, -0.25) is 5.10 Å². The average molecular weight is 274 g/mol. The lowest BCUT2D eigenvalue weighted by atomic mass is 10.2. The zero-order chi connectivity index (χ0) is 13.2. The molecule has 0 aliphatic heterocycles. The predicted molar refractivity (Wildman–Crippen MR) is 76.5 cm³/mol. The molecule has 0 spiro atoms. The normalized spacial score (nSPS) is 10.8. The Hall–Kier alpha value is -2.20. The molecule has 3 aromatic rings. The highest BCUT2D eigenvalue weighted by atomic mass is 35.5. The van der Waals surface area contributed by atoms with Crippen LogP contribution in [-0.4, -0.2) is 15.3 Å². The lowest BCUT2D eigenvalue weighted by Crippen LogP contribution is -2.00. The van der Waals surface area contributed by atoms with Crippen molar-refractivity contribution in [3.05, 3.63) is 53.2 Å². The first-order chi connectivity index (χ1) is 9.25. The van der Waals surface area contributed by atoms with Crippen LogP contribution in [0.2, 0.25) is 5.02 Å². The third-order valence-corrected chi connectivity index (χ3v) is 3.32. The minimum Gasteiger partial charge on any atom is -0.506 e. The van der Waals surface area contributed by atoms with E-state index < -0.39 is 0 Å². The van der Waals surface area contributed by atoms with Crippen molar-refractivity contribution in [3.63, 3.8) is 0 Å². The van der Waals surface area contributed by atoms with Crippen molar-refractivity contribution in [1.29, 1.82) is 0 Å². The number of phenols is 1. The Morgan fingerprint density at radius 1 is 1.21 bits per heavy atom. The van der Waals surface area contributed by atoms with Crippen molar-refractivity contribution in [1.82, 2.24) is 10.2 Å². The van der Waals surface area contributed by atoms with Crippen molar-refractivity contribution in [2.24, 2.45) is 0 Å². The van der Waals surface area contributed by atoms with Gasteiger partial charge in [-0.25, -0.2) is 0 Å². The third-order valence-electron chi connectivity index (χ3n) is 3.02. The number of fused-ring (bicyclic) bond motifs is 1. The van der Waals surface area contributed by atoms with Crippen LogP contribution >= 0.6 is 11.6 Å². The molecular formula is C14H12ClN3O. The average Bonchev–Trinajstić information content (AvgIpc) is 2.89. The number of anilines is 1. The molecule has 0 unspecified atom stereocenters. The highest BCUT2D eigenvalue weighted by Gasteiger charge is 2.06. The van der Waals surface area contributed by atoms with Gasteiger partial charge in [0.2, 0.25) is 0 Å². The minimum absolute atomic E-state index is 0.119. The highest BCUT2D eigenvalue weighted by molar-refractivity contribution is 6.32. The zero-order valence-corrected chi connectivity index (χ0v) is 10.8. The van der Waals surface area contributed by atoms with Crippen LogP contribution in [-0.2, 0) is 6.54 Å². The Morgan fingerprint density at radius 2 is 2.05 bits per heavy atom. The van der Waals surface area contributed by atoms with E-state index in [0.29, 0.717) is 11.6 Å². The van der Waals surface area contributed by atoms with Crippen LogP contribution in [0.5, 0.6) is 5.75 Å². The molecule has 19 heavy (non-hydrogen) atoms. The highest BCUT2D eigenvalue weighted by Crippen LogP contribution is 2.28. The number of nitrogens with zero attached hydrogens (tertiary/aromatic N) is 1. The number of hydrogen-bond donors (Lipinski definition) is 3. The van der Waals surface area contributed by atoms with Crippen LogP contribution in [0.4, 0.5) is 5.69 Å². The summed E-state index contributed by atoms with van der Waals surface area (Å²) in [6, 6.07) is 11.2. The number of hydrogen-bond acceptors (Lipinski definition) is 3. The Balaban J connectivity index is 1.86. The number of nitrogens with one attached hydrogen (secondary N) is 2. The van der Waals surface area contributed by atoms with Gasteiger partial charge in [0.05, 0.1) is 22.4 Å². The molecule has 1 aromatic heterocycles. The number of rotatable bonds is 3. The number of para-hydroxylation sites is 2. The van der Waals surface area contributed by atoms with E-state index in [1.165, 1.54) is 0 Å². The monoisotopic (exact) mass is 273 g/mol. The Kier molecular flexibility index (Phi) is 3.01. The van der Waals surface area contributed by atoms with Gasteiger partial charge in [-0.05, 0) is 12.1 Å². The van der Waals surface area contributed by atoms with Crippen LogP contribution in [0, 0.1) is 0 Å². The molecular weight excluding hydrogens is 262 g/mol. The quantitative estimate of drug-likeness (QED) is 0.684. The van der Waals surface area contributed by atoms with Gasteiger partial charge in [-0.15, -0.1) is 0 Å². The standard InChI is InChI=1S/C14H12ClN3O/c15-11-5-1-4-10(14(11)19)7-16-12-6-2-3-9-8-17-18-13(9)12/h1-6,8,16,19H,7H2,(H,17,18). The summed E-state index contributed by atoms with van der Waals surface area (Å²) in [6.07, 6.45) is 1.78. The molecule has 1 heterocycles. The van der Waals surface area contributed by atoms with Gasteiger partial charge >= 0.3 is 0 Å². The fraction of sp³-hybridized carbons (Fsp3) is 0.0714. The van der Waals surface area contributed by atoms with Gasteiger partial charge in [0.15, 0.2) is 0 Å². The van der Waals surface area contributed by atoms with E-state index in [4.69, 9.17) is 11.6 Å². The number of phenolic OH excluding ortho intramolecular Hbond substituents is 1. The summed E-state index contributed by atoms with van der Waals surface area (Å²) in [5.74, 6) is 0.119. The van der Waals surface area contributed by atoms with Gasteiger partial charge in [-0.1, -0.05) is 35.9 Å². The van der Waals surface area contributed by atoms with Crippen molar-refractivity contribution >= 4 is 28.2 Å². The Bertz CT molecular complexity index is 724. The Labute approximate surface area is 115 Å². The number of H-pyrrole nitrogens is 1. The summed E-state index contributed by atoms with van der Waals surface area (Å²) >= 11 is 5.88. The molecule has 0 aliphatic rings. The van der Waals surface area contributed by atoms with Gasteiger partial charge in [0.25, 0.3) is 0 Å². The lowest BCUT2D eigenvalue weighted by molar-refractivity contribution is 0.469. The summed E-state index contributed by atoms with van der Waals surface area (Å²) < 4.78 is 0. The zero-order valence-electron chi connectivity index (χ0n) is 10.0. The second-order valence-electron chi connectivity index (χ2n) is 4.24. The second-order valence-corrected chi connectivity index (χ2v) is 4.65. The molecule has 4 nitrogen and oxygen atoms in total. The third kappa shape index (κ3) is 2.22. The van der Waals surface area contributed by atoms with E-state index in [9.17, 15) is 5.11 Å². The van der Waals surface area contributed by atoms with Crippen molar-refractivity contribution in [3.8, 4) is 5.75 Å². The van der Waals surface area contributed by atoms with Crippen LogP contribution < -0.4 is 5.32 Å². The first kappa shape index (κ1) is 11.9. The van der Waals surface area contributed by atoms with Gasteiger partial charge < -0.3 is 10.4 Å². The van der Waals surface area contributed by atoms with E-state index in [1.54, 1.807) is 12.3 Å². The summed E-state index contributed by atoms with van der Waals surface area (Å²) in [7, 11) is 0. The Morgan fingerprint density at radius 3 is 2.95 bits per heavy atom.